The van der Waals surface area contributed by atoms with Crippen LogP contribution in [0.3, 0.4) is 0 Å². The van der Waals surface area contributed by atoms with Crippen molar-refractivity contribution in [3.8, 4) is 5.75 Å². The first-order valence-corrected chi connectivity index (χ1v) is 4.19. The highest BCUT2D eigenvalue weighted by molar-refractivity contribution is 7.79. The number of rotatable bonds is 2. The van der Waals surface area contributed by atoms with Gasteiger partial charge in [-0.1, -0.05) is 0 Å². The highest BCUT2D eigenvalue weighted by atomic mass is 32.2. The van der Waals surface area contributed by atoms with E-state index in [1.807, 2.05) is 0 Å². The van der Waals surface area contributed by atoms with Gasteiger partial charge in [-0.3, -0.25) is 4.98 Å². The van der Waals surface area contributed by atoms with Crippen molar-refractivity contribution in [2.45, 2.75) is 0 Å². The third-order valence-corrected chi connectivity index (χ3v) is 1.29. The molecule has 0 N–H and O–H groups in total. The maximum Gasteiger partial charge on any atom is 0.203 e. The molecule has 10 heavy (non-hydrogen) atoms. The van der Waals surface area contributed by atoms with Crippen LogP contribution in [-0.4, -0.2) is 15.4 Å². The van der Waals surface area contributed by atoms with E-state index >= 15 is 0 Å². The number of hydrogen-bond donors (Lipinski definition) is 0. The molecule has 1 unspecified atom stereocenters. The number of nitrogens with zero attached hydrogens (tertiary/aromatic N) is 1. The average molecular weight is 157 g/mol. The highest BCUT2D eigenvalue weighted by Gasteiger charge is 1.92. The average Bonchev–Trinajstić information content (AvgIpc) is 1.88. The number of hydrogen-bond acceptors (Lipinski definition) is 3. The Morgan fingerprint density at radius 2 is 2.10 bits per heavy atom. The van der Waals surface area contributed by atoms with Crippen molar-refractivity contribution in [2.75, 3.05) is 6.26 Å². The van der Waals surface area contributed by atoms with Gasteiger partial charge in [0, 0.05) is 30.8 Å². The van der Waals surface area contributed by atoms with Gasteiger partial charge in [-0.2, -0.15) is 0 Å². The van der Waals surface area contributed by atoms with Crippen molar-refractivity contribution in [3.05, 3.63) is 24.5 Å². The molecule has 0 amide bonds. The van der Waals surface area contributed by atoms with Crippen LogP contribution in [0.15, 0.2) is 24.5 Å². The summed E-state index contributed by atoms with van der Waals surface area (Å²) in [4.78, 5) is 3.77. The molecule has 0 spiro atoms. The quantitative estimate of drug-likeness (QED) is 0.636. The normalized spacial score (nSPS) is 12.5. The third kappa shape index (κ3) is 2.14. The molecule has 0 saturated heterocycles. The summed E-state index contributed by atoms with van der Waals surface area (Å²) in [6.07, 6.45) is 4.64. The van der Waals surface area contributed by atoms with E-state index in [9.17, 15) is 4.21 Å². The smallest absolute Gasteiger partial charge is 0.203 e. The largest absolute Gasteiger partial charge is 0.401 e. The third-order valence-electron chi connectivity index (χ3n) is 0.863. The van der Waals surface area contributed by atoms with E-state index in [4.69, 9.17) is 4.18 Å². The molecule has 1 atom stereocenters. The zero-order valence-electron chi connectivity index (χ0n) is 5.48. The maximum absolute atomic E-state index is 10.5. The van der Waals surface area contributed by atoms with Crippen LogP contribution in [0.25, 0.3) is 0 Å². The molecule has 4 heteroatoms. The van der Waals surface area contributed by atoms with E-state index in [0.29, 0.717) is 5.75 Å². The van der Waals surface area contributed by atoms with E-state index in [1.54, 1.807) is 24.5 Å². The Morgan fingerprint density at radius 3 is 2.60 bits per heavy atom. The summed E-state index contributed by atoms with van der Waals surface area (Å²) < 4.78 is 15.3. The van der Waals surface area contributed by atoms with E-state index in [0.717, 1.165) is 0 Å². The molecule has 0 saturated carbocycles. The van der Waals surface area contributed by atoms with Gasteiger partial charge in [0.2, 0.25) is 11.1 Å². The van der Waals surface area contributed by atoms with Gasteiger partial charge in [-0.25, -0.2) is 4.21 Å². The van der Waals surface area contributed by atoms with Crippen molar-refractivity contribution >= 4 is 11.1 Å². The molecular formula is C6H7NO2S. The molecular weight excluding hydrogens is 150 g/mol. The minimum Gasteiger partial charge on any atom is -0.401 e. The van der Waals surface area contributed by atoms with Gasteiger partial charge in [-0.15, -0.1) is 0 Å². The maximum atomic E-state index is 10.5. The molecule has 1 aromatic rings. The predicted molar refractivity (Wildman–Crippen MR) is 38.9 cm³/mol. The van der Waals surface area contributed by atoms with Crippen LogP contribution in [0, 0.1) is 0 Å². The molecule has 0 radical (unpaired) electrons. The molecule has 1 aromatic heterocycles. The molecule has 0 fully saturated rings. The van der Waals surface area contributed by atoms with E-state index in [2.05, 4.69) is 4.98 Å². The lowest BCUT2D eigenvalue weighted by atomic mass is 10.5. The molecule has 3 nitrogen and oxygen atoms in total. The second-order valence-electron chi connectivity index (χ2n) is 1.67. The summed E-state index contributed by atoms with van der Waals surface area (Å²) in [7, 11) is 0. The molecule has 0 bridgehead atoms. The Bertz CT molecular complexity index is 224. The van der Waals surface area contributed by atoms with Gasteiger partial charge >= 0.3 is 0 Å². The Hall–Kier alpha value is -0.900. The number of aromatic nitrogens is 1. The number of pyridine rings is 1. The summed E-state index contributed by atoms with van der Waals surface area (Å²) in [5, 5.41) is 0. The summed E-state index contributed by atoms with van der Waals surface area (Å²) in [6, 6.07) is 3.31. The fraction of sp³-hybridized carbons (Fsp3) is 0.167. The molecule has 0 aliphatic rings. The van der Waals surface area contributed by atoms with Gasteiger partial charge in [0.1, 0.15) is 5.75 Å². The molecule has 0 aromatic carbocycles. The van der Waals surface area contributed by atoms with Crippen LogP contribution >= 0.6 is 0 Å². The van der Waals surface area contributed by atoms with Crippen molar-refractivity contribution < 1.29 is 8.39 Å². The molecule has 0 aliphatic heterocycles. The Labute approximate surface area is 61.7 Å². The minimum absolute atomic E-state index is 0.579. The van der Waals surface area contributed by atoms with Gasteiger partial charge in [0.25, 0.3) is 0 Å². The Balaban J connectivity index is 2.67. The van der Waals surface area contributed by atoms with Gasteiger partial charge < -0.3 is 4.18 Å². The first-order chi connectivity index (χ1) is 4.79. The van der Waals surface area contributed by atoms with Crippen molar-refractivity contribution in [1.82, 2.24) is 4.98 Å². The first-order valence-electron chi connectivity index (χ1n) is 2.71. The summed E-state index contributed by atoms with van der Waals surface area (Å²) in [5.41, 5.74) is 0. The fourth-order valence-corrected chi connectivity index (χ4v) is 0.911. The second-order valence-corrected chi connectivity index (χ2v) is 2.64. The van der Waals surface area contributed by atoms with Gasteiger partial charge in [-0.05, 0) is 0 Å². The molecule has 1 heterocycles. The van der Waals surface area contributed by atoms with Crippen LogP contribution in [0.5, 0.6) is 5.75 Å². The first kappa shape index (κ1) is 7.21. The van der Waals surface area contributed by atoms with Crippen LogP contribution in [0.2, 0.25) is 0 Å². The molecule has 54 valence electrons. The topological polar surface area (TPSA) is 39.2 Å². The van der Waals surface area contributed by atoms with Crippen LogP contribution in [0.4, 0.5) is 0 Å². The monoisotopic (exact) mass is 157 g/mol. The van der Waals surface area contributed by atoms with E-state index in [1.165, 1.54) is 6.26 Å². The minimum atomic E-state index is -1.24. The van der Waals surface area contributed by atoms with E-state index in [-0.39, 0.29) is 0 Å². The lowest BCUT2D eigenvalue weighted by Crippen LogP contribution is -1.95. The lowest BCUT2D eigenvalue weighted by molar-refractivity contribution is 0.567. The fourth-order valence-electron chi connectivity index (χ4n) is 0.529. The van der Waals surface area contributed by atoms with Crippen LogP contribution in [-0.2, 0) is 11.1 Å². The van der Waals surface area contributed by atoms with Gasteiger partial charge in [0.05, 0.1) is 0 Å². The Morgan fingerprint density at radius 1 is 1.50 bits per heavy atom. The summed E-state index contributed by atoms with van der Waals surface area (Å²) in [6.45, 7) is 0. The zero-order valence-corrected chi connectivity index (χ0v) is 6.30. The summed E-state index contributed by atoms with van der Waals surface area (Å²) in [5.74, 6) is 0.579. The highest BCUT2D eigenvalue weighted by Crippen LogP contribution is 2.06. The van der Waals surface area contributed by atoms with E-state index < -0.39 is 11.1 Å². The molecule has 1 rings (SSSR count). The van der Waals surface area contributed by atoms with Crippen molar-refractivity contribution in [3.63, 3.8) is 0 Å². The van der Waals surface area contributed by atoms with Crippen LogP contribution in [0.1, 0.15) is 0 Å². The predicted octanol–water partition coefficient (Wildman–Crippen LogP) is 0.754. The lowest BCUT2D eigenvalue weighted by Gasteiger charge is -1.97. The van der Waals surface area contributed by atoms with Crippen molar-refractivity contribution in [2.24, 2.45) is 0 Å². The molecule has 0 aliphatic carbocycles. The zero-order chi connectivity index (χ0) is 7.40. The summed E-state index contributed by atoms with van der Waals surface area (Å²) >= 11 is -1.24. The SMILES string of the molecule is CS(=O)Oc1ccncc1. The standard InChI is InChI=1S/C6H7NO2S/c1-10(8)9-6-2-4-7-5-3-6/h2-5H,1H3. The Kier molecular flexibility index (Phi) is 2.39. The van der Waals surface area contributed by atoms with Gasteiger partial charge in [0.15, 0.2) is 0 Å². The van der Waals surface area contributed by atoms with Crippen LogP contribution < -0.4 is 4.18 Å². The second kappa shape index (κ2) is 3.31. The van der Waals surface area contributed by atoms with Crippen molar-refractivity contribution in [1.29, 1.82) is 0 Å².